The van der Waals surface area contributed by atoms with E-state index >= 15 is 0 Å². The molecule has 0 bridgehead atoms. The highest BCUT2D eigenvalue weighted by Crippen LogP contribution is 2.35. The number of nitrogens with zero attached hydrogens (tertiary/aromatic N) is 3. The normalized spacial score (nSPS) is 12.4. The fourth-order valence-electron chi connectivity index (χ4n) is 5.91. The average molecular weight is 582 g/mol. The largest absolute Gasteiger partial charge is 0.456 e. The van der Waals surface area contributed by atoms with Gasteiger partial charge in [0.25, 0.3) is 0 Å². The second-order valence-electron chi connectivity index (χ2n) is 10.9. The maximum Gasteiger partial charge on any atom is 0.161 e. The Balaban J connectivity index is 1.27. The summed E-state index contributed by atoms with van der Waals surface area (Å²) >= 11 is 0. The first kappa shape index (κ1) is 26.5. The topological polar surface area (TPSA) is 63.4 Å². The van der Waals surface area contributed by atoms with Crippen LogP contribution in [-0.2, 0) is 6.54 Å². The third kappa shape index (κ3) is 4.90. The molecule has 8 rings (SSSR count). The Morgan fingerprint density at radius 1 is 0.533 bits per heavy atom. The van der Waals surface area contributed by atoms with Crippen molar-refractivity contribution in [2.45, 2.75) is 6.54 Å². The zero-order chi connectivity index (χ0) is 30.2. The monoisotopic (exact) mass is 581 g/mol. The number of para-hydroxylation sites is 1. The van der Waals surface area contributed by atoms with Gasteiger partial charge < -0.3 is 8.83 Å². The van der Waals surface area contributed by atoms with Crippen molar-refractivity contribution in [2.75, 3.05) is 0 Å². The van der Waals surface area contributed by atoms with Crippen molar-refractivity contribution in [1.82, 2.24) is 0 Å². The molecular weight excluding hydrogens is 554 g/mol. The number of benzene rings is 6. The number of rotatable bonds is 5. The minimum absolute atomic E-state index is 0.462. The van der Waals surface area contributed by atoms with Crippen molar-refractivity contribution in [2.24, 2.45) is 15.0 Å². The van der Waals surface area contributed by atoms with Crippen LogP contribution in [0.3, 0.4) is 0 Å². The first-order valence-corrected chi connectivity index (χ1v) is 14.8. The van der Waals surface area contributed by atoms with Crippen molar-refractivity contribution in [3.63, 3.8) is 0 Å². The van der Waals surface area contributed by atoms with Crippen molar-refractivity contribution in [3.05, 3.63) is 156 Å². The van der Waals surface area contributed by atoms with Crippen LogP contribution >= 0.6 is 0 Å². The summed E-state index contributed by atoms with van der Waals surface area (Å²) in [5.41, 5.74) is 8.15. The predicted octanol–water partition coefficient (Wildman–Crippen LogP) is 10.2. The fraction of sp³-hybridized carbons (Fsp3) is 0.0250. The molecule has 0 aliphatic heterocycles. The number of aliphatic imine (C=N–C) groups is 3. The van der Waals surface area contributed by atoms with Crippen LogP contribution in [0.25, 0.3) is 55.0 Å². The Labute approximate surface area is 259 Å². The maximum absolute atomic E-state index is 6.36. The van der Waals surface area contributed by atoms with Crippen LogP contribution in [0.5, 0.6) is 0 Å². The van der Waals surface area contributed by atoms with E-state index in [1.807, 2.05) is 84.9 Å². The Hall–Kier alpha value is -6.07. The van der Waals surface area contributed by atoms with Gasteiger partial charge in [-0.15, -0.1) is 0 Å². The summed E-state index contributed by atoms with van der Waals surface area (Å²) in [4.78, 5) is 14.5. The second-order valence-corrected chi connectivity index (χ2v) is 10.9. The Morgan fingerprint density at radius 2 is 1.22 bits per heavy atom. The third-order valence-corrected chi connectivity index (χ3v) is 8.10. The lowest BCUT2D eigenvalue weighted by molar-refractivity contribution is 0.668. The molecule has 0 fully saturated rings. The van der Waals surface area contributed by atoms with Gasteiger partial charge in [0.05, 0.1) is 6.54 Å². The SMILES string of the molecule is C=NC(=NC(=NCc1ccccc1)c1ccc2c(c1)oc1ccccc12)c1cccc2oc3cc(-c4ccccc4)ccc3c12. The molecule has 0 radical (unpaired) electrons. The molecule has 5 nitrogen and oxygen atoms in total. The second kappa shape index (κ2) is 11.2. The van der Waals surface area contributed by atoms with Crippen LogP contribution in [0.1, 0.15) is 16.7 Å². The van der Waals surface area contributed by atoms with Crippen molar-refractivity contribution in [3.8, 4) is 11.1 Å². The zero-order valence-corrected chi connectivity index (χ0v) is 24.4. The summed E-state index contributed by atoms with van der Waals surface area (Å²) in [5, 5.41) is 4.05. The summed E-state index contributed by atoms with van der Waals surface area (Å²) < 4.78 is 12.6. The average Bonchev–Trinajstić information content (AvgIpc) is 3.67. The minimum Gasteiger partial charge on any atom is -0.456 e. The van der Waals surface area contributed by atoms with Crippen molar-refractivity contribution >= 4 is 62.3 Å². The zero-order valence-electron chi connectivity index (χ0n) is 24.4. The molecule has 0 aliphatic carbocycles. The van der Waals surface area contributed by atoms with Gasteiger partial charge in [0.2, 0.25) is 0 Å². The van der Waals surface area contributed by atoms with Crippen LogP contribution in [0, 0.1) is 0 Å². The van der Waals surface area contributed by atoms with Crippen molar-refractivity contribution in [1.29, 1.82) is 0 Å². The molecule has 0 spiro atoms. The molecule has 5 heteroatoms. The highest BCUT2D eigenvalue weighted by molar-refractivity contribution is 6.22. The molecule has 2 heterocycles. The van der Waals surface area contributed by atoms with E-state index in [1.54, 1.807) is 0 Å². The van der Waals surface area contributed by atoms with Crippen LogP contribution in [-0.4, -0.2) is 18.4 Å². The summed E-state index contributed by atoms with van der Waals surface area (Å²) in [6, 6.07) is 46.8. The van der Waals surface area contributed by atoms with Crippen LogP contribution in [0.4, 0.5) is 0 Å². The molecule has 8 aromatic rings. The molecule has 6 aromatic carbocycles. The van der Waals surface area contributed by atoms with Gasteiger partial charge in [-0.2, -0.15) is 0 Å². The Morgan fingerprint density at radius 3 is 2.07 bits per heavy atom. The Kier molecular flexibility index (Phi) is 6.61. The van der Waals surface area contributed by atoms with Gasteiger partial charge in [-0.05, 0) is 59.8 Å². The minimum atomic E-state index is 0.462. The molecular formula is C40H27N3O2. The maximum atomic E-state index is 6.36. The highest BCUT2D eigenvalue weighted by Gasteiger charge is 2.17. The van der Waals surface area contributed by atoms with Gasteiger partial charge in [0.15, 0.2) is 11.7 Å². The summed E-state index contributed by atoms with van der Waals surface area (Å²) in [6.45, 7) is 4.38. The molecule has 0 unspecified atom stereocenters. The summed E-state index contributed by atoms with van der Waals surface area (Å²) in [5.74, 6) is 1.01. The molecule has 214 valence electrons. The lowest BCUT2D eigenvalue weighted by Gasteiger charge is -2.07. The lowest BCUT2D eigenvalue weighted by Crippen LogP contribution is -2.06. The molecule has 2 aromatic heterocycles. The van der Waals surface area contributed by atoms with E-state index in [0.29, 0.717) is 18.2 Å². The molecule has 0 saturated carbocycles. The number of fused-ring (bicyclic) bond motifs is 6. The van der Waals surface area contributed by atoms with E-state index in [0.717, 1.165) is 71.7 Å². The quantitative estimate of drug-likeness (QED) is 0.150. The smallest absolute Gasteiger partial charge is 0.161 e. The van der Waals surface area contributed by atoms with E-state index in [9.17, 15) is 0 Å². The van der Waals surface area contributed by atoms with Crippen LogP contribution in [0.15, 0.2) is 163 Å². The predicted molar refractivity (Wildman–Crippen MR) is 186 cm³/mol. The molecule has 0 N–H and O–H groups in total. The summed E-state index contributed by atoms with van der Waals surface area (Å²) in [7, 11) is 0. The van der Waals surface area contributed by atoms with Gasteiger partial charge in [-0.25, -0.2) is 9.98 Å². The number of hydrogen-bond acceptors (Lipinski definition) is 3. The number of amidine groups is 2. The standard InChI is InChI=1S/C40H27N3O2/c1-41-40(33-16-10-18-35-38(33)32-22-19-28(23-37(32)45-35)27-13-6-3-7-14-27)43-39(42-25-26-11-4-2-5-12-26)29-20-21-31-30-15-8-9-17-34(30)44-36(31)24-29/h2-24H,1,25H2. The summed E-state index contributed by atoms with van der Waals surface area (Å²) in [6.07, 6.45) is 0. The first-order valence-electron chi connectivity index (χ1n) is 14.8. The fourth-order valence-corrected chi connectivity index (χ4v) is 5.91. The molecule has 45 heavy (non-hydrogen) atoms. The van der Waals surface area contributed by atoms with Gasteiger partial charge in [-0.1, -0.05) is 103 Å². The van der Waals surface area contributed by atoms with Gasteiger partial charge in [0.1, 0.15) is 22.3 Å². The van der Waals surface area contributed by atoms with Crippen molar-refractivity contribution < 1.29 is 8.83 Å². The number of furan rings is 2. The Bertz CT molecular complexity index is 2420. The van der Waals surface area contributed by atoms with E-state index < -0.39 is 0 Å². The first-order chi connectivity index (χ1) is 22.2. The van der Waals surface area contributed by atoms with E-state index in [4.69, 9.17) is 18.8 Å². The van der Waals surface area contributed by atoms with E-state index in [-0.39, 0.29) is 0 Å². The van der Waals surface area contributed by atoms with Gasteiger partial charge in [-0.3, -0.25) is 4.99 Å². The molecule has 0 aliphatic rings. The highest BCUT2D eigenvalue weighted by atomic mass is 16.3. The molecule has 0 saturated heterocycles. The number of hydrogen-bond donors (Lipinski definition) is 0. The molecule has 0 amide bonds. The van der Waals surface area contributed by atoms with Crippen LogP contribution < -0.4 is 0 Å². The van der Waals surface area contributed by atoms with Gasteiger partial charge in [0, 0.05) is 32.7 Å². The third-order valence-electron chi connectivity index (χ3n) is 8.10. The van der Waals surface area contributed by atoms with Gasteiger partial charge >= 0.3 is 0 Å². The van der Waals surface area contributed by atoms with E-state index in [1.165, 1.54) is 0 Å². The molecule has 0 atom stereocenters. The van der Waals surface area contributed by atoms with E-state index in [2.05, 4.69) is 66.3 Å². The van der Waals surface area contributed by atoms with Crippen LogP contribution in [0.2, 0.25) is 0 Å². The lowest BCUT2D eigenvalue weighted by atomic mass is 10.0.